The summed E-state index contributed by atoms with van der Waals surface area (Å²) in [5.41, 5.74) is 8.78. The minimum Gasteiger partial charge on any atom is -0.376 e. The molecule has 0 spiro atoms. The summed E-state index contributed by atoms with van der Waals surface area (Å²) in [5.74, 6) is -0.303. The molecule has 1 aliphatic carbocycles. The van der Waals surface area contributed by atoms with E-state index in [0.717, 1.165) is 17.5 Å². The molecule has 0 fully saturated rings. The third-order valence-electron chi connectivity index (χ3n) is 3.52. The Morgan fingerprint density at radius 2 is 1.89 bits per heavy atom. The van der Waals surface area contributed by atoms with Crippen molar-refractivity contribution in [2.24, 2.45) is 5.73 Å². The van der Waals surface area contributed by atoms with Gasteiger partial charge < -0.3 is 11.1 Å². The molecule has 3 rings (SSSR count). The van der Waals surface area contributed by atoms with Crippen molar-refractivity contribution in [3.8, 4) is 0 Å². The highest BCUT2D eigenvalue weighted by atomic mass is 35.5. The molecule has 2 atom stereocenters. The molecule has 4 heteroatoms. The van der Waals surface area contributed by atoms with Gasteiger partial charge in [-0.1, -0.05) is 35.9 Å². The van der Waals surface area contributed by atoms with Crippen LogP contribution in [0.15, 0.2) is 42.5 Å². The van der Waals surface area contributed by atoms with Crippen LogP contribution in [-0.4, -0.2) is 0 Å². The van der Waals surface area contributed by atoms with Gasteiger partial charge in [0.05, 0.1) is 11.7 Å². The Labute approximate surface area is 116 Å². The molecule has 0 radical (unpaired) electrons. The highest BCUT2D eigenvalue weighted by molar-refractivity contribution is 6.30. The second-order valence-corrected chi connectivity index (χ2v) is 5.23. The molecule has 19 heavy (non-hydrogen) atoms. The predicted octanol–water partition coefficient (Wildman–Crippen LogP) is 4.04. The number of halogens is 2. The second-order valence-electron chi connectivity index (χ2n) is 4.79. The molecular formula is C15H14ClFN2. The monoisotopic (exact) mass is 276 g/mol. The maximum Gasteiger partial charge on any atom is 0.146 e. The highest BCUT2D eigenvalue weighted by Crippen LogP contribution is 2.39. The van der Waals surface area contributed by atoms with Crippen molar-refractivity contribution >= 4 is 17.3 Å². The molecule has 0 heterocycles. The van der Waals surface area contributed by atoms with Crippen LogP contribution in [0.25, 0.3) is 0 Å². The second kappa shape index (κ2) is 4.83. The fourth-order valence-electron chi connectivity index (χ4n) is 2.61. The highest BCUT2D eigenvalue weighted by Gasteiger charge is 2.28. The number of fused-ring (bicyclic) bond motifs is 1. The van der Waals surface area contributed by atoms with Crippen LogP contribution in [0, 0.1) is 5.82 Å². The fraction of sp³-hybridized carbons (Fsp3) is 0.200. The summed E-state index contributed by atoms with van der Waals surface area (Å²) in [7, 11) is 0. The quantitative estimate of drug-likeness (QED) is 0.869. The zero-order valence-corrected chi connectivity index (χ0v) is 11.0. The lowest BCUT2D eigenvalue weighted by Gasteiger charge is -2.16. The lowest BCUT2D eigenvalue weighted by Crippen LogP contribution is -2.10. The van der Waals surface area contributed by atoms with Gasteiger partial charge in [-0.3, -0.25) is 0 Å². The number of nitrogens with two attached hydrogens (primary N) is 1. The van der Waals surface area contributed by atoms with E-state index in [1.807, 2.05) is 24.3 Å². The number of anilines is 1. The molecule has 2 aromatic rings. The summed E-state index contributed by atoms with van der Waals surface area (Å²) in [6.07, 6.45) is 0.755. The molecule has 2 unspecified atom stereocenters. The number of nitrogens with one attached hydrogen (secondary N) is 1. The van der Waals surface area contributed by atoms with Crippen molar-refractivity contribution in [1.29, 1.82) is 0 Å². The van der Waals surface area contributed by atoms with E-state index in [1.165, 1.54) is 12.1 Å². The van der Waals surface area contributed by atoms with Crippen molar-refractivity contribution in [2.75, 3.05) is 5.32 Å². The van der Waals surface area contributed by atoms with Gasteiger partial charge in [0.25, 0.3) is 0 Å². The molecule has 0 bridgehead atoms. The SMILES string of the molecule is NC1CC(Nc2cc(Cl)ccc2F)c2ccccc21. The molecule has 0 aromatic heterocycles. The predicted molar refractivity (Wildman–Crippen MR) is 75.8 cm³/mol. The minimum absolute atomic E-state index is 0.00375. The van der Waals surface area contributed by atoms with Gasteiger partial charge in [0, 0.05) is 11.1 Å². The standard InChI is InChI=1S/C15H14ClFN2/c16-9-5-6-12(17)15(7-9)19-14-8-13(18)10-3-1-2-4-11(10)14/h1-7,13-14,19H,8,18H2. The molecule has 0 saturated heterocycles. The number of benzene rings is 2. The molecule has 2 nitrogen and oxygen atoms in total. The van der Waals surface area contributed by atoms with Gasteiger partial charge in [-0.05, 0) is 35.7 Å². The van der Waals surface area contributed by atoms with Gasteiger partial charge in [-0.25, -0.2) is 4.39 Å². The van der Waals surface area contributed by atoms with Crippen molar-refractivity contribution in [3.63, 3.8) is 0 Å². The smallest absolute Gasteiger partial charge is 0.146 e. The summed E-state index contributed by atoms with van der Waals surface area (Å²) in [6.45, 7) is 0. The molecule has 0 aliphatic heterocycles. The number of hydrogen-bond donors (Lipinski definition) is 2. The first-order chi connectivity index (χ1) is 9.15. The Kier molecular flexibility index (Phi) is 3.17. The Morgan fingerprint density at radius 1 is 1.16 bits per heavy atom. The van der Waals surface area contributed by atoms with Gasteiger partial charge >= 0.3 is 0 Å². The average molecular weight is 277 g/mol. The zero-order valence-electron chi connectivity index (χ0n) is 10.2. The van der Waals surface area contributed by atoms with E-state index < -0.39 is 0 Å². The van der Waals surface area contributed by atoms with Gasteiger partial charge in [-0.2, -0.15) is 0 Å². The van der Waals surface area contributed by atoms with Crippen molar-refractivity contribution in [1.82, 2.24) is 0 Å². The Hall–Kier alpha value is -1.58. The number of hydrogen-bond acceptors (Lipinski definition) is 2. The van der Waals surface area contributed by atoms with Gasteiger partial charge in [0.2, 0.25) is 0 Å². The third kappa shape index (κ3) is 2.31. The Balaban J connectivity index is 1.91. The first-order valence-corrected chi connectivity index (χ1v) is 6.59. The summed E-state index contributed by atoms with van der Waals surface area (Å²) in [4.78, 5) is 0. The lowest BCUT2D eigenvalue weighted by molar-refractivity contribution is 0.614. The molecule has 0 amide bonds. The minimum atomic E-state index is -0.303. The van der Waals surface area contributed by atoms with Crippen molar-refractivity contribution in [2.45, 2.75) is 18.5 Å². The van der Waals surface area contributed by atoms with Crippen molar-refractivity contribution in [3.05, 3.63) is 64.4 Å². The summed E-state index contributed by atoms with van der Waals surface area (Å²) < 4.78 is 13.7. The van der Waals surface area contributed by atoms with E-state index in [4.69, 9.17) is 17.3 Å². The maximum absolute atomic E-state index is 13.7. The van der Waals surface area contributed by atoms with Crippen LogP contribution in [0.1, 0.15) is 29.6 Å². The lowest BCUT2D eigenvalue weighted by atomic mass is 10.1. The third-order valence-corrected chi connectivity index (χ3v) is 3.75. The first kappa shape index (κ1) is 12.5. The van der Waals surface area contributed by atoms with Crippen molar-refractivity contribution < 1.29 is 4.39 Å². The zero-order chi connectivity index (χ0) is 13.4. The van der Waals surface area contributed by atoms with Crippen LogP contribution in [0.3, 0.4) is 0 Å². The molecule has 0 saturated carbocycles. The molecule has 98 valence electrons. The van der Waals surface area contributed by atoms with Crippen LogP contribution < -0.4 is 11.1 Å². The molecular weight excluding hydrogens is 263 g/mol. The van der Waals surface area contributed by atoms with Gasteiger partial charge in [0.15, 0.2) is 0 Å². The molecule has 1 aliphatic rings. The Morgan fingerprint density at radius 3 is 2.68 bits per heavy atom. The van der Waals surface area contributed by atoms with Crippen LogP contribution in [0.5, 0.6) is 0 Å². The topological polar surface area (TPSA) is 38.0 Å². The van der Waals surface area contributed by atoms with E-state index in [2.05, 4.69) is 5.32 Å². The fourth-order valence-corrected chi connectivity index (χ4v) is 2.78. The normalized spacial score (nSPS) is 21.2. The van der Waals surface area contributed by atoms with Crippen LogP contribution >= 0.6 is 11.6 Å². The summed E-state index contributed by atoms with van der Waals surface area (Å²) in [5, 5.41) is 3.71. The largest absolute Gasteiger partial charge is 0.376 e. The van der Waals surface area contributed by atoms with E-state index in [1.54, 1.807) is 6.07 Å². The van der Waals surface area contributed by atoms with E-state index in [-0.39, 0.29) is 17.9 Å². The first-order valence-electron chi connectivity index (χ1n) is 6.21. The Bertz CT molecular complexity index is 615. The summed E-state index contributed by atoms with van der Waals surface area (Å²) >= 11 is 5.90. The number of rotatable bonds is 2. The summed E-state index contributed by atoms with van der Waals surface area (Å²) in [6, 6.07) is 12.5. The maximum atomic E-state index is 13.7. The van der Waals surface area contributed by atoms with Crippen LogP contribution in [0.2, 0.25) is 5.02 Å². The molecule has 2 aromatic carbocycles. The van der Waals surface area contributed by atoms with Crippen LogP contribution in [-0.2, 0) is 0 Å². The van der Waals surface area contributed by atoms with E-state index >= 15 is 0 Å². The van der Waals surface area contributed by atoms with E-state index in [0.29, 0.717) is 10.7 Å². The van der Waals surface area contributed by atoms with Gasteiger partial charge in [-0.15, -0.1) is 0 Å². The van der Waals surface area contributed by atoms with Gasteiger partial charge in [0.1, 0.15) is 5.82 Å². The van der Waals surface area contributed by atoms with Crippen LogP contribution in [0.4, 0.5) is 10.1 Å². The average Bonchev–Trinajstić information content (AvgIpc) is 2.72. The van der Waals surface area contributed by atoms with E-state index in [9.17, 15) is 4.39 Å². The molecule has 3 N–H and O–H groups in total.